The maximum atomic E-state index is 14.7. The first-order valence-electron chi connectivity index (χ1n) is 21.2. The van der Waals surface area contributed by atoms with E-state index in [0.717, 1.165) is 61.6 Å². The molecule has 3 heterocycles. The first-order valence-corrected chi connectivity index (χ1v) is 21.6. The molecule has 0 radical (unpaired) electrons. The Labute approximate surface area is 374 Å². The van der Waals surface area contributed by atoms with Gasteiger partial charge in [0.1, 0.15) is 6.04 Å². The van der Waals surface area contributed by atoms with E-state index in [4.69, 9.17) is 11.6 Å². The molecule has 0 saturated carbocycles. The molecule has 17 heteroatoms. The molecule has 1 saturated heterocycles. The van der Waals surface area contributed by atoms with Gasteiger partial charge >= 0.3 is 0 Å². The van der Waals surface area contributed by atoms with E-state index in [1.165, 1.54) is 0 Å². The van der Waals surface area contributed by atoms with Crippen molar-refractivity contribution in [2.24, 2.45) is 0 Å². The lowest BCUT2D eigenvalue weighted by Gasteiger charge is -2.27. The van der Waals surface area contributed by atoms with Crippen LogP contribution in [0.4, 0.5) is 38.9 Å². The van der Waals surface area contributed by atoms with Gasteiger partial charge in [-0.2, -0.15) is 4.98 Å². The van der Waals surface area contributed by atoms with Gasteiger partial charge in [-0.05, 0) is 85.5 Å². The molecule has 330 valence electrons. The van der Waals surface area contributed by atoms with Crippen LogP contribution >= 0.6 is 11.6 Å². The maximum absolute atomic E-state index is 14.7. The predicted molar refractivity (Wildman–Crippen MR) is 241 cm³/mol. The molecule has 6 amide bonds. The molecule has 2 aliphatic rings. The van der Waals surface area contributed by atoms with Crippen molar-refractivity contribution in [3.63, 3.8) is 0 Å². The molecule has 5 aromatic rings. The van der Waals surface area contributed by atoms with Gasteiger partial charge < -0.3 is 26.6 Å². The second-order valence-corrected chi connectivity index (χ2v) is 15.9. The highest BCUT2D eigenvalue weighted by Gasteiger charge is 2.45. The largest absolute Gasteiger partial charge is 0.384 e. The molecule has 1 aromatic heterocycles. The average molecular weight is 888 g/mol. The van der Waals surface area contributed by atoms with Crippen molar-refractivity contribution in [2.45, 2.75) is 70.3 Å². The van der Waals surface area contributed by atoms with Gasteiger partial charge in [-0.3, -0.25) is 39.0 Å². The number of anilines is 6. The van der Waals surface area contributed by atoms with Gasteiger partial charge in [-0.1, -0.05) is 74.0 Å². The normalized spacial score (nSPS) is 14.5. The van der Waals surface area contributed by atoms with Gasteiger partial charge in [-0.15, -0.1) is 0 Å². The number of benzene rings is 4. The molecule has 1 atom stereocenters. The zero-order valence-electron chi connectivity index (χ0n) is 34.8. The van der Waals surface area contributed by atoms with Gasteiger partial charge in [0, 0.05) is 42.1 Å². The number of carbonyl (C=O) groups excluding carboxylic acids is 6. The summed E-state index contributed by atoms with van der Waals surface area (Å²) >= 11 is 6.14. The highest BCUT2D eigenvalue weighted by atomic mass is 35.5. The van der Waals surface area contributed by atoms with E-state index in [0.29, 0.717) is 46.4 Å². The summed E-state index contributed by atoms with van der Waals surface area (Å²) in [6.45, 7) is 1.21. The van der Waals surface area contributed by atoms with E-state index in [1.807, 2.05) is 12.1 Å². The monoisotopic (exact) mass is 887 g/mol. The smallest absolute Gasteiger partial charge is 0.264 e. The number of rotatable bonds is 20. The number of nitrogens with zero attached hydrogens (tertiary/aromatic N) is 3. The van der Waals surface area contributed by atoms with Crippen LogP contribution in [0.5, 0.6) is 0 Å². The zero-order valence-corrected chi connectivity index (χ0v) is 35.6. The fraction of sp³-hybridized carbons (Fsp3) is 0.277. The molecule has 0 aliphatic carbocycles. The number of amides is 6. The van der Waals surface area contributed by atoms with Crippen molar-refractivity contribution >= 4 is 81.6 Å². The summed E-state index contributed by atoms with van der Waals surface area (Å²) in [5, 5.41) is 17.7. The van der Waals surface area contributed by atoms with Crippen molar-refractivity contribution < 1.29 is 33.2 Å². The number of para-hydroxylation sites is 1. The third-order valence-corrected chi connectivity index (χ3v) is 11.1. The van der Waals surface area contributed by atoms with Crippen LogP contribution in [-0.2, 0) is 20.8 Å². The van der Waals surface area contributed by atoms with Crippen molar-refractivity contribution in [2.75, 3.05) is 34.4 Å². The van der Waals surface area contributed by atoms with Crippen molar-refractivity contribution in [1.29, 1.82) is 0 Å². The Morgan fingerprint density at radius 3 is 2.17 bits per heavy atom. The van der Waals surface area contributed by atoms with E-state index in [9.17, 15) is 33.2 Å². The number of hydrogen-bond acceptors (Lipinski definition) is 11. The SMILES string of the molecule is O=C(Cc1ccc(Nc2ncc(F)c(Nc3ccc(C(=O)Nc4ccccc4Cl)cc3)n2)cc1)NCCCCCCCCCNc1cccc2c1C(=O)N(C1CCC(=O)NC1=O)C2=O. The molecule has 0 bridgehead atoms. The van der Waals surface area contributed by atoms with E-state index < -0.39 is 35.5 Å². The molecule has 0 spiro atoms. The van der Waals surface area contributed by atoms with Crippen LogP contribution in [0.1, 0.15) is 94.4 Å². The minimum absolute atomic E-state index is 0.0553. The van der Waals surface area contributed by atoms with Crippen molar-refractivity contribution in [1.82, 2.24) is 25.5 Å². The quantitative estimate of drug-likeness (QED) is 0.0327. The van der Waals surface area contributed by atoms with E-state index in [-0.39, 0.29) is 54.0 Å². The molecule has 64 heavy (non-hydrogen) atoms. The highest BCUT2D eigenvalue weighted by molar-refractivity contribution is 6.34. The summed E-state index contributed by atoms with van der Waals surface area (Å²) in [4.78, 5) is 84.8. The number of fused-ring (bicyclic) bond motifs is 1. The van der Waals surface area contributed by atoms with Crippen LogP contribution in [0.25, 0.3) is 0 Å². The van der Waals surface area contributed by atoms with Crippen molar-refractivity contribution in [3.05, 3.63) is 130 Å². The minimum Gasteiger partial charge on any atom is -0.384 e. The van der Waals surface area contributed by atoms with Gasteiger partial charge in [0.25, 0.3) is 17.7 Å². The van der Waals surface area contributed by atoms with E-state index in [2.05, 4.69) is 41.9 Å². The average Bonchev–Trinajstić information content (AvgIpc) is 3.54. The Balaban J connectivity index is 0.752. The number of piperidine rings is 1. The number of imide groups is 2. The third-order valence-electron chi connectivity index (χ3n) is 10.8. The molecule has 7 rings (SSSR count). The molecule has 1 unspecified atom stereocenters. The third kappa shape index (κ3) is 11.4. The van der Waals surface area contributed by atoms with Crippen LogP contribution in [0.2, 0.25) is 5.02 Å². The van der Waals surface area contributed by atoms with Gasteiger partial charge in [-0.25, -0.2) is 9.37 Å². The summed E-state index contributed by atoms with van der Waals surface area (Å²) in [6.07, 6.45) is 8.35. The standard InChI is InChI=1S/C47H47ClFN9O6/c48-34-12-6-7-13-36(34)55-43(61)30-17-21-31(22-18-30)53-42-35(49)28-52-47(57-42)54-32-19-15-29(16-20-32)27-40(60)51-26-9-5-3-1-2-4-8-25-50-37-14-10-11-33-41(37)46(64)58(45(33)63)38-23-24-39(59)56-44(38)62/h6-7,10-22,28,38,50H,1-5,8-9,23-27H2,(H,51,60)(H,55,61)(H,56,59,62)(H2,52,53,54,57). The number of halogens is 2. The first-order chi connectivity index (χ1) is 31.0. The van der Waals surface area contributed by atoms with Crippen LogP contribution in [0.15, 0.2) is 97.2 Å². The van der Waals surface area contributed by atoms with E-state index in [1.54, 1.807) is 78.9 Å². The number of unbranched alkanes of at least 4 members (excludes halogenated alkanes) is 6. The maximum Gasteiger partial charge on any atom is 0.264 e. The Bertz CT molecular complexity index is 2540. The number of hydrogen-bond donors (Lipinski definition) is 6. The zero-order chi connectivity index (χ0) is 45.0. The fourth-order valence-electron chi connectivity index (χ4n) is 7.44. The molecular weight excluding hydrogens is 841 g/mol. The van der Waals surface area contributed by atoms with Crippen LogP contribution in [-0.4, -0.2) is 69.4 Å². The Morgan fingerprint density at radius 1 is 0.766 bits per heavy atom. The predicted octanol–water partition coefficient (Wildman–Crippen LogP) is 7.91. The topological polar surface area (TPSA) is 204 Å². The lowest BCUT2D eigenvalue weighted by Crippen LogP contribution is -2.54. The Kier molecular flexibility index (Phi) is 14.9. The lowest BCUT2D eigenvalue weighted by atomic mass is 10.0. The number of aromatic nitrogens is 2. The summed E-state index contributed by atoms with van der Waals surface area (Å²) in [6, 6.07) is 24.7. The summed E-state index contributed by atoms with van der Waals surface area (Å²) < 4.78 is 14.7. The van der Waals surface area contributed by atoms with Crippen LogP contribution in [0.3, 0.4) is 0 Å². The molecule has 1 fully saturated rings. The summed E-state index contributed by atoms with van der Waals surface area (Å²) in [7, 11) is 0. The number of carbonyl (C=O) groups is 6. The second-order valence-electron chi connectivity index (χ2n) is 15.5. The molecule has 6 N–H and O–H groups in total. The Morgan fingerprint density at radius 2 is 1.44 bits per heavy atom. The summed E-state index contributed by atoms with van der Waals surface area (Å²) in [5.74, 6) is -3.06. The van der Waals surface area contributed by atoms with Crippen LogP contribution < -0.4 is 31.9 Å². The van der Waals surface area contributed by atoms with Crippen LogP contribution in [0, 0.1) is 5.82 Å². The lowest BCUT2D eigenvalue weighted by molar-refractivity contribution is -0.136. The fourth-order valence-corrected chi connectivity index (χ4v) is 7.63. The van der Waals surface area contributed by atoms with Gasteiger partial charge in [0.2, 0.25) is 23.7 Å². The molecule has 4 aromatic carbocycles. The highest BCUT2D eigenvalue weighted by Crippen LogP contribution is 2.32. The molecular formula is C47H47ClFN9O6. The van der Waals surface area contributed by atoms with Gasteiger partial charge in [0.05, 0.1) is 34.5 Å². The summed E-state index contributed by atoms with van der Waals surface area (Å²) in [5.41, 5.74) is 3.95. The van der Waals surface area contributed by atoms with Gasteiger partial charge in [0.15, 0.2) is 11.6 Å². The van der Waals surface area contributed by atoms with Crippen molar-refractivity contribution in [3.8, 4) is 0 Å². The molecule has 2 aliphatic heterocycles. The first kappa shape index (κ1) is 44.8. The van der Waals surface area contributed by atoms with E-state index >= 15 is 0 Å². The second kappa shape index (κ2) is 21.3. The molecule has 15 nitrogen and oxygen atoms in total. The number of nitrogens with one attached hydrogen (secondary N) is 6. The minimum atomic E-state index is -0.999. The Hall–Kier alpha value is -7.20.